The molecule has 1 unspecified atom stereocenters. The Hall–Kier alpha value is -2.94. The highest BCUT2D eigenvalue weighted by Crippen LogP contribution is 2.16. The maximum absolute atomic E-state index is 12.0. The second kappa shape index (κ2) is 8.43. The number of hydrogen-bond acceptors (Lipinski definition) is 7. The summed E-state index contributed by atoms with van der Waals surface area (Å²) in [4.78, 5) is 27.0. The van der Waals surface area contributed by atoms with Crippen molar-refractivity contribution in [2.75, 3.05) is 18.5 Å². The lowest BCUT2D eigenvalue weighted by atomic mass is 10.2. The third-order valence-electron chi connectivity index (χ3n) is 3.72. The van der Waals surface area contributed by atoms with Gasteiger partial charge in [0, 0.05) is 25.8 Å². The molecule has 1 aliphatic rings. The summed E-state index contributed by atoms with van der Waals surface area (Å²) in [7, 11) is 0. The Balaban J connectivity index is 1.47. The van der Waals surface area contributed by atoms with E-state index in [1.807, 2.05) is 0 Å². The van der Waals surface area contributed by atoms with Crippen LogP contribution in [0.2, 0.25) is 0 Å². The van der Waals surface area contributed by atoms with Crippen LogP contribution in [-0.4, -0.2) is 41.2 Å². The summed E-state index contributed by atoms with van der Waals surface area (Å²) in [6.07, 6.45) is 1.99. The van der Waals surface area contributed by atoms with Gasteiger partial charge in [-0.2, -0.15) is 4.98 Å². The van der Waals surface area contributed by atoms with Crippen molar-refractivity contribution in [3.05, 3.63) is 36.0 Å². The molecule has 1 aromatic heterocycles. The second-order valence-corrected chi connectivity index (χ2v) is 5.86. The SMILES string of the molecule is CC(=O)Nc1ccc(OCc2noc(C(=O)NCC3CCCO3)n2)cc1. The van der Waals surface area contributed by atoms with Crippen molar-refractivity contribution in [2.45, 2.75) is 32.5 Å². The standard InChI is InChI=1S/C17H20N4O5/c1-11(22)19-12-4-6-13(7-5-12)25-10-15-20-17(26-21-15)16(23)18-9-14-3-2-8-24-14/h4-7,14H,2-3,8-10H2,1H3,(H,18,23)(H,19,22). The fraction of sp³-hybridized carbons (Fsp3) is 0.412. The Kier molecular flexibility index (Phi) is 5.80. The van der Waals surface area contributed by atoms with E-state index in [-0.39, 0.29) is 30.3 Å². The van der Waals surface area contributed by atoms with Gasteiger partial charge in [0.15, 0.2) is 6.61 Å². The molecule has 1 aliphatic heterocycles. The van der Waals surface area contributed by atoms with Gasteiger partial charge in [0.05, 0.1) is 6.10 Å². The highest BCUT2D eigenvalue weighted by molar-refractivity contribution is 5.89. The molecular formula is C17H20N4O5. The maximum atomic E-state index is 12.0. The monoisotopic (exact) mass is 360 g/mol. The number of ether oxygens (including phenoxy) is 2. The van der Waals surface area contributed by atoms with Gasteiger partial charge in [0.25, 0.3) is 0 Å². The Bertz CT molecular complexity index is 753. The zero-order valence-electron chi connectivity index (χ0n) is 14.4. The summed E-state index contributed by atoms with van der Waals surface area (Å²) in [6.45, 7) is 2.65. The number of nitrogens with one attached hydrogen (secondary N) is 2. The van der Waals surface area contributed by atoms with E-state index in [0.29, 0.717) is 18.0 Å². The molecule has 0 saturated carbocycles. The zero-order valence-corrected chi connectivity index (χ0v) is 14.4. The number of carbonyl (C=O) groups is 2. The molecule has 3 rings (SSSR count). The van der Waals surface area contributed by atoms with Crippen molar-refractivity contribution in [3.8, 4) is 5.75 Å². The molecule has 1 fully saturated rings. The number of rotatable bonds is 7. The van der Waals surface area contributed by atoms with Crippen LogP contribution in [0.4, 0.5) is 5.69 Å². The van der Waals surface area contributed by atoms with E-state index >= 15 is 0 Å². The lowest BCUT2D eigenvalue weighted by Gasteiger charge is -2.08. The lowest BCUT2D eigenvalue weighted by molar-refractivity contribution is -0.114. The quantitative estimate of drug-likeness (QED) is 0.769. The van der Waals surface area contributed by atoms with Crippen molar-refractivity contribution in [2.24, 2.45) is 0 Å². The van der Waals surface area contributed by atoms with Crippen molar-refractivity contribution >= 4 is 17.5 Å². The van der Waals surface area contributed by atoms with Gasteiger partial charge in [-0.1, -0.05) is 5.16 Å². The molecule has 0 bridgehead atoms. The molecule has 138 valence electrons. The van der Waals surface area contributed by atoms with Crippen molar-refractivity contribution in [3.63, 3.8) is 0 Å². The highest BCUT2D eigenvalue weighted by atomic mass is 16.5. The fourth-order valence-corrected chi connectivity index (χ4v) is 2.48. The maximum Gasteiger partial charge on any atom is 0.316 e. The van der Waals surface area contributed by atoms with Crippen LogP contribution in [-0.2, 0) is 16.1 Å². The van der Waals surface area contributed by atoms with Gasteiger partial charge in [-0.15, -0.1) is 0 Å². The first kappa shape index (κ1) is 17.9. The van der Waals surface area contributed by atoms with Crippen LogP contribution in [0.25, 0.3) is 0 Å². The van der Waals surface area contributed by atoms with Crippen molar-refractivity contribution in [1.29, 1.82) is 0 Å². The van der Waals surface area contributed by atoms with E-state index in [9.17, 15) is 9.59 Å². The smallest absolute Gasteiger partial charge is 0.316 e. The van der Waals surface area contributed by atoms with E-state index in [4.69, 9.17) is 14.0 Å². The molecule has 9 nitrogen and oxygen atoms in total. The van der Waals surface area contributed by atoms with Gasteiger partial charge in [0.1, 0.15) is 5.75 Å². The number of hydrogen-bond donors (Lipinski definition) is 2. The van der Waals surface area contributed by atoms with Gasteiger partial charge in [-0.3, -0.25) is 9.59 Å². The van der Waals surface area contributed by atoms with E-state index in [2.05, 4.69) is 20.8 Å². The van der Waals surface area contributed by atoms with Crippen LogP contribution in [0.15, 0.2) is 28.8 Å². The summed E-state index contributed by atoms with van der Waals surface area (Å²) in [5.74, 6) is 0.156. The number of benzene rings is 1. The van der Waals surface area contributed by atoms with Crippen LogP contribution in [0.5, 0.6) is 5.75 Å². The molecule has 0 radical (unpaired) electrons. The molecule has 0 spiro atoms. The van der Waals surface area contributed by atoms with Gasteiger partial charge in [-0.25, -0.2) is 0 Å². The van der Waals surface area contributed by atoms with E-state index in [0.717, 1.165) is 19.4 Å². The molecule has 2 heterocycles. The average molecular weight is 360 g/mol. The molecule has 2 amide bonds. The van der Waals surface area contributed by atoms with Gasteiger partial charge < -0.3 is 24.6 Å². The van der Waals surface area contributed by atoms with Crippen LogP contribution in [0, 0.1) is 0 Å². The number of aromatic nitrogens is 2. The number of anilines is 1. The number of carbonyl (C=O) groups excluding carboxylic acids is 2. The molecule has 2 aromatic rings. The minimum atomic E-state index is -0.432. The molecule has 1 aromatic carbocycles. The molecule has 2 N–H and O–H groups in total. The molecular weight excluding hydrogens is 340 g/mol. The molecule has 1 saturated heterocycles. The normalized spacial score (nSPS) is 16.3. The summed E-state index contributed by atoms with van der Waals surface area (Å²) in [6, 6.07) is 6.86. The Morgan fingerprint density at radius 3 is 2.81 bits per heavy atom. The van der Waals surface area contributed by atoms with Crippen LogP contribution in [0.3, 0.4) is 0 Å². The predicted molar refractivity (Wildman–Crippen MR) is 90.7 cm³/mol. The van der Waals surface area contributed by atoms with Gasteiger partial charge >= 0.3 is 11.8 Å². The first-order valence-electron chi connectivity index (χ1n) is 8.33. The lowest BCUT2D eigenvalue weighted by Crippen LogP contribution is -2.31. The largest absolute Gasteiger partial charge is 0.485 e. The summed E-state index contributed by atoms with van der Waals surface area (Å²) in [5, 5.41) is 9.11. The van der Waals surface area contributed by atoms with Gasteiger partial charge in [0.2, 0.25) is 11.7 Å². The van der Waals surface area contributed by atoms with E-state index in [1.54, 1.807) is 24.3 Å². The second-order valence-electron chi connectivity index (χ2n) is 5.86. The average Bonchev–Trinajstić information content (AvgIpc) is 3.30. The van der Waals surface area contributed by atoms with E-state index in [1.165, 1.54) is 6.92 Å². The minimum Gasteiger partial charge on any atom is -0.485 e. The molecule has 9 heteroatoms. The van der Waals surface area contributed by atoms with Crippen molar-refractivity contribution < 1.29 is 23.6 Å². The number of nitrogens with zero attached hydrogens (tertiary/aromatic N) is 2. The minimum absolute atomic E-state index is 0.0464. The molecule has 0 aliphatic carbocycles. The summed E-state index contributed by atoms with van der Waals surface area (Å²) in [5.41, 5.74) is 0.676. The predicted octanol–water partition coefficient (Wildman–Crippen LogP) is 1.52. The first-order chi connectivity index (χ1) is 12.6. The molecule has 26 heavy (non-hydrogen) atoms. The Morgan fingerprint density at radius 2 is 2.12 bits per heavy atom. The number of amides is 2. The van der Waals surface area contributed by atoms with Crippen molar-refractivity contribution in [1.82, 2.24) is 15.5 Å². The molecule has 1 atom stereocenters. The first-order valence-corrected chi connectivity index (χ1v) is 8.33. The van der Waals surface area contributed by atoms with Crippen LogP contribution in [0.1, 0.15) is 36.3 Å². The third-order valence-corrected chi connectivity index (χ3v) is 3.72. The summed E-state index contributed by atoms with van der Waals surface area (Å²) < 4.78 is 15.9. The Morgan fingerprint density at radius 1 is 1.31 bits per heavy atom. The van der Waals surface area contributed by atoms with Crippen LogP contribution >= 0.6 is 0 Å². The van der Waals surface area contributed by atoms with E-state index < -0.39 is 5.91 Å². The van der Waals surface area contributed by atoms with Gasteiger partial charge in [-0.05, 0) is 37.1 Å². The van der Waals surface area contributed by atoms with Crippen LogP contribution < -0.4 is 15.4 Å². The zero-order chi connectivity index (χ0) is 18.4. The Labute approximate surface area is 150 Å². The summed E-state index contributed by atoms with van der Waals surface area (Å²) >= 11 is 0. The third kappa shape index (κ3) is 5.03. The topological polar surface area (TPSA) is 116 Å². The fourth-order valence-electron chi connectivity index (χ4n) is 2.48. The highest BCUT2D eigenvalue weighted by Gasteiger charge is 2.19.